The van der Waals surface area contributed by atoms with Gasteiger partial charge in [0.25, 0.3) is 5.91 Å². The molecule has 1 N–H and O–H groups in total. The second-order valence-corrected chi connectivity index (χ2v) is 5.90. The molecule has 0 aliphatic rings. The number of carbonyl (C=O) groups is 1. The lowest BCUT2D eigenvalue weighted by atomic mass is 10.1. The molecule has 0 radical (unpaired) electrons. The Morgan fingerprint density at radius 2 is 2.04 bits per heavy atom. The molecule has 2 aromatic rings. The number of carbonyl (C=O) groups excluding carboxylic acids is 1. The summed E-state index contributed by atoms with van der Waals surface area (Å²) < 4.78 is 18.7. The fourth-order valence-electron chi connectivity index (χ4n) is 1.97. The van der Waals surface area contributed by atoms with Crippen LogP contribution in [0.1, 0.15) is 18.1 Å². The van der Waals surface area contributed by atoms with Crippen molar-refractivity contribution in [1.82, 2.24) is 5.32 Å². The molecule has 0 saturated carbocycles. The van der Waals surface area contributed by atoms with Gasteiger partial charge in [-0.1, -0.05) is 41.4 Å². The van der Waals surface area contributed by atoms with Crippen LogP contribution in [0.3, 0.4) is 0 Å². The molecule has 0 spiro atoms. The summed E-state index contributed by atoms with van der Waals surface area (Å²) in [5.74, 6) is -0.227. The van der Waals surface area contributed by atoms with Gasteiger partial charge in [-0.15, -0.1) is 0 Å². The van der Waals surface area contributed by atoms with E-state index in [4.69, 9.17) is 27.9 Å². The number of hydrogen-bond donors (Lipinski definition) is 1. The molecule has 0 heterocycles. The van der Waals surface area contributed by atoms with Crippen LogP contribution in [0.4, 0.5) is 4.39 Å². The largest absolute Gasteiger partial charge is 0.479 e. The van der Waals surface area contributed by atoms with E-state index in [-0.39, 0.29) is 23.3 Å². The van der Waals surface area contributed by atoms with E-state index in [9.17, 15) is 9.18 Å². The minimum Gasteiger partial charge on any atom is -0.479 e. The minimum absolute atomic E-state index is 0.267. The smallest absolute Gasteiger partial charge is 0.261 e. The Balaban J connectivity index is 1.94. The number of aryl methyl sites for hydroxylation is 1. The fourth-order valence-corrected chi connectivity index (χ4v) is 2.31. The van der Waals surface area contributed by atoms with Gasteiger partial charge in [0.05, 0.1) is 5.02 Å². The zero-order chi connectivity index (χ0) is 17.0. The molecule has 23 heavy (non-hydrogen) atoms. The molecule has 0 aliphatic carbocycles. The van der Waals surface area contributed by atoms with Gasteiger partial charge in [-0.05, 0) is 43.2 Å². The lowest BCUT2D eigenvalue weighted by molar-refractivity contribution is -0.127. The standard InChI is InChI=1S/C17H16Cl2FNO2/c1-10-8-12(6-7-14(10)20)9-21-17(22)11(2)23-15-5-3-4-13(18)16(15)19/h3-8,11H,9H2,1-2H3,(H,21,22). The number of hydrogen-bond acceptors (Lipinski definition) is 2. The fraction of sp³-hybridized carbons (Fsp3) is 0.235. The second-order valence-electron chi connectivity index (χ2n) is 5.11. The maximum atomic E-state index is 13.2. The summed E-state index contributed by atoms with van der Waals surface area (Å²) in [4.78, 5) is 12.1. The molecule has 0 fully saturated rings. The van der Waals surface area contributed by atoms with E-state index >= 15 is 0 Å². The molecule has 0 aromatic heterocycles. The predicted octanol–water partition coefficient (Wildman–Crippen LogP) is 4.52. The average Bonchev–Trinajstić information content (AvgIpc) is 2.52. The SMILES string of the molecule is Cc1cc(CNC(=O)C(C)Oc2cccc(Cl)c2Cl)ccc1F. The van der Waals surface area contributed by atoms with Gasteiger partial charge in [0.2, 0.25) is 0 Å². The maximum absolute atomic E-state index is 13.2. The van der Waals surface area contributed by atoms with Crippen LogP contribution in [-0.2, 0) is 11.3 Å². The van der Waals surface area contributed by atoms with E-state index < -0.39 is 6.10 Å². The number of nitrogens with one attached hydrogen (secondary N) is 1. The quantitative estimate of drug-likeness (QED) is 0.855. The van der Waals surface area contributed by atoms with Crippen molar-refractivity contribution in [2.75, 3.05) is 0 Å². The third kappa shape index (κ3) is 4.60. The van der Waals surface area contributed by atoms with Gasteiger partial charge < -0.3 is 10.1 Å². The van der Waals surface area contributed by atoms with Gasteiger partial charge >= 0.3 is 0 Å². The molecular formula is C17H16Cl2FNO2. The van der Waals surface area contributed by atoms with Gasteiger partial charge in [-0.3, -0.25) is 4.79 Å². The zero-order valence-corrected chi connectivity index (χ0v) is 14.2. The topological polar surface area (TPSA) is 38.3 Å². The van der Waals surface area contributed by atoms with Crippen LogP contribution >= 0.6 is 23.2 Å². The first kappa shape index (κ1) is 17.6. The molecular weight excluding hydrogens is 340 g/mol. The van der Waals surface area contributed by atoms with Gasteiger partial charge in [0.1, 0.15) is 16.6 Å². The Morgan fingerprint density at radius 1 is 1.30 bits per heavy atom. The summed E-state index contributed by atoms with van der Waals surface area (Å²) in [5.41, 5.74) is 1.34. The summed E-state index contributed by atoms with van der Waals surface area (Å²) >= 11 is 11.9. The summed E-state index contributed by atoms with van der Waals surface area (Å²) in [7, 11) is 0. The van der Waals surface area contributed by atoms with E-state index in [0.717, 1.165) is 5.56 Å². The Bertz CT molecular complexity index is 722. The average molecular weight is 356 g/mol. The lowest BCUT2D eigenvalue weighted by Crippen LogP contribution is -2.36. The van der Waals surface area contributed by atoms with E-state index in [1.54, 1.807) is 44.2 Å². The van der Waals surface area contributed by atoms with Crippen molar-refractivity contribution >= 4 is 29.1 Å². The van der Waals surface area contributed by atoms with Crippen molar-refractivity contribution in [3.63, 3.8) is 0 Å². The zero-order valence-electron chi connectivity index (χ0n) is 12.7. The van der Waals surface area contributed by atoms with Crippen molar-refractivity contribution in [1.29, 1.82) is 0 Å². The Morgan fingerprint density at radius 3 is 2.74 bits per heavy atom. The first-order valence-electron chi connectivity index (χ1n) is 7.02. The Hall–Kier alpha value is -1.78. The van der Waals surface area contributed by atoms with Crippen LogP contribution in [0.2, 0.25) is 10.0 Å². The predicted molar refractivity (Wildman–Crippen MR) is 89.5 cm³/mol. The number of ether oxygens (including phenoxy) is 1. The van der Waals surface area contributed by atoms with Gasteiger partial charge in [-0.2, -0.15) is 0 Å². The van der Waals surface area contributed by atoms with Crippen molar-refractivity contribution in [2.45, 2.75) is 26.5 Å². The Kier molecular flexibility index (Phi) is 5.85. The molecule has 2 rings (SSSR count). The molecule has 3 nitrogen and oxygen atoms in total. The molecule has 0 saturated heterocycles. The van der Waals surface area contributed by atoms with Crippen LogP contribution in [0, 0.1) is 12.7 Å². The molecule has 6 heteroatoms. The summed E-state index contributed by atoms with van der Waals surface area (Å²) in [6.07, 6.45) is -0.743. The summed E-state index contributed by atoms with van der Waals surface area (Å²) in [6, 6.07) is 9.66. The van der Waals surface area contributed by atoms with E-state index in [0.29, 0.717) is 16.3 Å². The molecule has 1 unspecified atom stereocenters. The number of amides is 1. The van der Waals surface area contributed by atoms with Crippen molar-refractivity contribution in [3.8, 4) is 5.75 Å². The summed E-state index contributed by atoms with van der Waals surface area (Å²) in [5, 5.41) is 3.36. The third-order valence-electron chi connectivity index (χ3n) is 3.28. The van der Waals surface area contributed by atoms with Crippen molar-refractivity contribution < 1.29 is 13.9 Å². The lowest BCUT2D eigenvalue weighted by Gasteiger charge is -2.16. The monoisotopic (exact) mass is 355 g/mol. The molecule has 0 aliphatic heterocycles. The second kappa shape index (κ2) is 7.66. The molecule has 122 valence electrons. The van der Waals surface area contributed by atoms with Gasteiger partial charge in [0, 0.05) is 6.54 Å². The van der Waals surface area contributed by atoms with E-state index in [2.05, 4.69) is 5.32 Å². The van der Waals surface area contributed by atoms with E-state index in [1.807, 2.05) is 0 Å². The highest BCUT2D eigenvalue weighted by molar-refractivity contribution is 6.42. The number of halogens is 3. The van der Waals surface area contributed by atoms with Gasteiger partial charge in [-0.25, -0.2) is 4.39 Å². The molecule has 0 bridgehead atoms. The normalized spacial score (nSPS) is 11.9. The first-order valence-corrected chi connectivity index (χ1v) is 7.77. The van der Waals surface area contributed by atoms with E-state index in [1.165, 1.54) is 6.07 Å². The summed E-state index contributed by atoms with van der Waals surface area (Å²) in [6.45, 7) is 3.58. The van der Waals surface area contributed by atoms with Crippen LogP contribution < -0.4 is 10.1 Å². The van der Waals surface area contributed by atoms with Crippen LogP contribution in [0.15, 0.2) is 36.4 Å². The maximum Gasteiger partial charge on any atom is 0.261 e. The number of rotatable bonds is 5. The van der Waals surface area contributed by atoms with Crippen LogP contribution in [0.25, 0.3) is 0 Å². The van der Waals surface area contributed by atoms with Crippen LogP contribution in [-0.4, -0.2) is 12.0 Å². The Labute approximate surface area is 144 Å². The molecule has 2 aromatic carbocycles. The third-order valence-corrected chi connectivity index (χ3v) is 4.08. The van der Waals surface area contributed by atoms with Gasteiger partial charge in [0.15, 0.2) is 6.10 Å². The van der Waals surface area contributed by atoms with Crippen molar-refractivity contribution in [2.24, 2.45) is 0 Å². The minimum atomic E-state index is -0.743. The molecule has 1 atom stereocenters. The van der Waals surface area contributed by atoms with Crippen molar-refractivity contribution in [3.05, 3.63) is 63.4 Å². The van der Waals surface area contributed by atoms with Crippen LogP contribution in [0.5, 0.6) is 5.75 Å². The highest BCUT2D eigenvalue weighted by Gasteiger charge is 2.16. The number of benzene rings is 2. The highest BCUT2D eigenvalue weighted by Crippen LogP contribution is 2.32. The highest BCUT2D eigenvalue weighted by atomic mass is 35.5. The first-order chi connectivity index (χ1) is 10.9. The molecule has 1 amide bonds.